The van der Waals surface area contributed by atoms with Crippen LogP contribution in [0.3, 0.4) is 0 Å². The number of halogens is 1. The molecular weight excluding hydrogens is 321 g/mol. The molecule has 0 radical (unpaired) electrons. The Bertz CT molecular complexity index is 602. The number of nitrogens with zero attached hydrogens (tertiary/aromatic N) is 2. The molecule has 0 unspecified atom stereocenters. The molecule has 5 nitrogen and oxygen atoms in total. The van der Waals surface area contributed by atoms with Crippen molar-refractivity contribution in [1.29, 1.82) is 0 Å². The number of methoxy groups -OCH3 is 1. The summed E-state index contributed by atoms with van der Waals surface area (Å²) in [6.07, 6.45) is 3.16. The van der Waals surface area contributed by atoms with Gasteiger partial charge in [0, 0.05) is 44.2 Å². The van der Waals surface area contributed by atoms with Crippen molar-refractivity contribution in [2.75, 3.05) is 39.8 Å². The van der Waals surface area contributed by atoms with Crippen LogP contribution < -0.4 is 10.5 Å². The van der Waals surface area contributed by atoms with Gasteiger partial charge in [0.2, 0.25) is 5.91 Å². The highest BCUT2D eigenvalue weighted by Gasteiger charge is 2.35. The smallest absolute Gasteiger partial charge is 0.226 e. The predicted molar refractivity (Wildman–Crippen MR) is 94.7 cm³/mol. The summed E-state index contributed by atoms with van der Waals surface area (Å²) in [7, 11) is 1.60. The van der Waals surface area contributed by atoms with Crippen LogP contribution in [-0.4, -0.2) is 55.5 Å². The van der Waals surface area contributed by atoms with Crippen LogP contribution in [0.4, 0.5) is 4.39 Å². The Labute approximate surface area is 148 Å². The summed E-state index contributed by atoms with van der Waals surface area (Å²) in [5, 5.41) is 0. The van der Waals surface area contributed by atoms with Crippen molar-refractivity contribution >= 4 is 5.91 Å². The summed E-state index contributed by atoms with van der Waals surface area (Å²) in [6.45, 7) is 4.29. The molecule has 1 aliphatic carbocycles. The normalized spacial score (nSPS) is 24.5. The SMILES string of the molecule is COc1ccc(F)cc1CN1CCN(C(=O)[C@@H]2CCC[C@@H]2CN)CC1. The van der Waals surface area contributed by atoms with Gasteiger partial charge < -0.3 is 15.4 Å². The lowest BCUT2D eigenvalue weighted by molar-refractivity contribution is -0.138. The third kappa shape index (κ3) is 4.12. The maximum absolute atomic E-state index is 13.5. The first-order valence-corrected chi connectivity index (χ1v) is 9.16. The van der Waals surface area contributed by atoms with E-state index in [4.69, 9.17) is 10.5 Å². The van der Waals surface area contributed by atoms with E-state index in [9.17, 15) is 9.18 Å². The standard InChI is InChI=1S/C19H28FN3O2/c1-25-18-6-5-16(20)11-15(18)13-22-7-9-23(10-8-22)19(24)17-4-2-3-14(17)12-21/h5-6,11,14,17H,2-4,7-10,12-13,21H2,1H3/t14-,17-/m1/s1. The molecule has 6 heteroatoms. The monoisotopic (exact) mass is 349 g/mol. The van der Waals surface area contributed by atoms with Gasteiger partial charge in [0.1, 0.15) is 11.6 Å². The summed E-state index contributed by atoms with van der Waals surface area (Å²) >= 11 is 0. The molecule has 138 valence electrons. The molecule has 1 saturated heterocycles. The number of benzene rings is 1. The van der Waals surface area contributed by atoms with Gasteiger partial charge in [0.05, 0.1) is 7.11 Å². The minimum atomic E-state index is -0.251. The van der Waals surface area contributed by atoms with Crippen LogP contribution in [0.15, 0.2) is 18.2 Å². The highest BCUT2D eigenvalue weighted by molar-refractivity contribution is 5.79. The van der Waals surface area contributed by atoms with Crippen LogP contribution in [-0.2, 0) is 11.3 Å². The number of rotatable bonds is 5. The minimum Gasteiger partial charge on any atom is -0.496 e. The zero-order valence-electron chi connectivity index (χ0n) is 14.9. The highest BCUT2D eigenvalue weighted by atomic mass is 19.1. The molecule has 2 N–H and O–H groups in total. The van der Waals surface area contributed by atoms with E-state index in [1.165, 1.54) is 12.1 Å². The van der Waals surface area contributed by atoms with Crippen LogP contribution in [0.25, 0.3) is 0 Å². The number of nitrogens with two attached hydrogens (primary N) is 1. The Morgan fingerprint density at radius 3 is 2.72 bits per heavy atom. The van der Waals surface area contributed by atoms with Gasteiger partial charge in [-0.05, 0) is 43.5 Å². The van der Waals surface area contributed by atoms with E-state index in [2.05, 4.69) is 4.90 Å². The maximum atomic E-state index is 13.5. The molecule has 1 amide bonds. The lowest BCUT2D eigenvalue weighted by atomic mass is 9.94. The van der Waals surface area contributed by atoms with Crippen LogP contribution >= 0.6 is 0 Å². The molecule has 25 heavy (non-hydrogen) atoms. The van der Waals surface area contributed by atoms with Gasteiger partial charge in [-0.15, -0.1) is 0 Å². The van der Waals surface area contributed by atoms with Gasteiger partial charge in [0.15, 0.2) is 0 Å². The van der Waals surface area contributed by atoms with Gasteiger partial charge in [-0.2, -0.15) is 0 Å². The maximum Gasteiger partial charge on any atom is 0.226 e. The number of carbonyl (C=O) groups excluding carboxylic acids is 1. The molecule has 0 bridgehead atoms. The quantitative estimate of drug-likeness (QED) is 0.881. The average molecular weight is 349 g/mol. The van der Waals surface area contributed by atoms with Crippen LogP contribution in [0, 0.1) is 17.7 Å². The first-order chi connectivity index (χ1) is 12.1. The number of carbonyl (C=O) groups is 1. The average Bonchev–Trinajstić information content (AvgIpc) is 3.11. The number of ether oxygens (including phenoxy) is 1. The molecule has 2 aliphatic rings. The Hall–Kier alpha value is -1.66. The van der Waals surface area contributed by atoms with Crippen molar-refractivity contribution in [2.24, 2.45) is 17.6 Å². The van der Waals surface area contributed by atoms with Crippen molar-refractivity contribution in [3.63, 3.8) is 0 Å². The van der Waals surface area contributed by atoms with E-state index in [1.807, 2.05) is 4.90 Å². The summed E-state index contributed by atoms with van der Waals surface area (Å²) in [4.78, 5) is 17.0. The Balaban J connectivity index is 1.55. The highest BCUT2D eigenvalue weighted by Crippen LogP contribution is 2.32. The van der Waals surface area contributed by atoms with Crippen LogP contribution in [0.1, 0.15) is 24.8 Å². The van der Waals surface area contributed by atoms with Gasteiger partial charge >= 0.3 is 0 Å². The number of hydrogen-bond acceptors (Lipinski definition) is 4. The fraction of sp³-hybridized carbons (Fsp3) is 0.632. The molecule has 0 aromatic heterocycles. The molecule has 1 saturated carbocycles. The Kier molecular flexibility index (Phi) is 5.91. The number of piperazine rings is 1. The molecule has 3 rings (SSSR count). The molecule has 1 aromatic rings. The topological polar surface area (TPSA) is 58.8 Å². The van der Waals surface area contributed by atoms with Crippen LogP contribution in [0.5, 0.6) is 5.75 Å². The zero-order chi connectivity index (χ0) is 17.8. The van der Waals surface area contributed by atoms with E-state index >= 15 is 0 Å². The first-order valence-electron chi connectivity index (χ1n) is 9.16. The summed E-state index contributed by atoms with van der Waals surface area (Å²) in [5.74, 6) is 1.19. The molecule has 1 aliphatic heterocycles. The predicted octanol–water partition coefficient (Wildman–Crippen LogP) is 1.85. The zero-order valence-corrected chi connectivity index (χ0v) is 14.9. The van der Waals surface area contributed by atoms with Crippen molar-refractivity contribution in [3.8, 4) is 5.75 Å². The fourth-order valence-electron chi connectivity index (χ4n) is 4.12. The van der Waals surface area contributed by atoms with Gasteiger partial charge in [0.25, 0.3) is 0 Å². The van der Waals surface area contributed by atoms with Crippen molar-refractivity contribution in [3.05, 3.63) is 29.6 Å². The largest absolute Gasteiger partial charge is 0.496 e. The molecule has 2 atom stereocenters. The lowest BCUT2D eigenvalue weighted by Gasteiger charge is -2.37. The van der Waals surface area contributed by atoms with E-state index in [0.717, 1.165) is 51.0 Å². The van der Waals surface area contributed by atoms with E-state index in [1.54, 1.807) is 13.2 Å². The summed E-state index contributed by atoms with van der Waals surface area (Å²) in [6, 6.07) is 4.60. The molecule has 1 aromatic carbocycles. The van der Waals surface area contributed by atoms with Crippen molar-refractivity contribution < 1.29 is 13.9 Å². The number of amides is 1. The Morgan fingerprint density at radius 2 is 2.04 bits per heavy atom. The Morgan fingerprint density at radius 1 is 1.28 bits per heavy atom. The van der Waals surface area contributed by atoms with Gasteiger partial charge in [-0.3, -0.25) is 9.69 Å². The van der Waals surface area contributed by atoms with Gasteiger partial charge in [-0.25, -0.2) is 4.39 Å². The van der Waals surface area contributed by atoms with Crippen LogP contribution in [0.2, 0.25) is 0 Å². The minimum absolute atomic E-state index is 0.111. The fourth-order valence-corrected chi connectivity index (χ4v) is 4.12. The molecule has 1 heterocycles. The second kappa shape index (κ2) is 8.15. The van der Waals surface area contributed by atoms with Crippen molar-refractivity contribution in [2.45, 2.75) is 25.8 Å². The third-order valence-electron chi connectivity index (χ3n) is 5.60. The summed E-state index contributed by atoms with van der Waals surface area (Å²) in [5.41, 5.74) is 6.67. The second-order valence-electron chi connectivity index (χ2n) is 7.09. The molecule has 2 fully saturated rings. The molecule has 0 spiro atoms. The van der Waals surface area contributed by atoms with E-state index in [0.29, 0.717) is 24.8 Å². The van der Waals surface area contributed by atoms with E-state index in [-0.39, 0.29) is 17.6 Å². The van der Waals surface area contributed by atoms with E-state index < -0.39 is 0 Å². The first kappa shape index (κ1) is 18.1. The lowest BCUT2D eigenvalue weighted by Crippen LogP contribution is -2.50. The van der Waals surface area contributed by atoms with Crippen molar-refractivity contribution in [1.82, 2.24) is 9.80 Å². The summed E-state index contributed by atoms with van der Waals surface area (Å²) < 4.78 is 18.8. The molecular formula is C19H28FN3O2. The van der Waals surface area contributed by atoms with Gasteiger partial charge in [-0.1, -0.05) is 6.42 Å². The second-order valence-corrected chi connectivity index (χ2v) is 7.09. The third-order valence-corrected chi connectivity index (χ3v) is 5.60. The number of hydrogen-bond donors (Lipinski definition) is 1.